The number of aromatic nitrogens is 1. The first kappa shape index (κ1) is 14.2. The lowest BCUT2D eigenvalue weighted by Gasteiger charge is -2.26. The summed E-state index contributed by atoms with van der Waals surface area (Å²) in [6.45, 7) is 5.47. The number of hydrogen-bond acceptors (Lipinski definition) is 4. The minimum atomic E-state index is -1.26. The summed E-state index contributed by atoms with van der Waals surface area (Å²) >= 11 is 0. The Kier molecular flexibility index (Phi) is 3.33. The van der Waals surface area contributed by atoms with Gasteiger partial charge in [0, 0.05) is 12.6 Å². The van der Waals surface area contributed by atoms with E-state index in [1.807, 2.05) is 13.8 Å². The second-order valence-electron chi connectivity index (χ2n) is 5.46. The third-order valence-electron chi connectivity index (χ3n) is 3.96. The van der Waals surface area contributed by atoms with Gasteiger partial charge in [0.05, 0.1) is 11.1 Å². The molecule has 1 aliphatic heterocycles. The summed E-state index contributed by atoms with van der Waals surface area (Å²) in [4.78, 5) is 40.6. The summed E-state index contributed by atoms with van der Waals surface area (Å²) in [5.74, 6) is -2.04. The summed E-state index contributed by atoms with van der Waals surface area (Å²) in [6, 6.07) is 2.94. The predicted octanol–water partition coefficient (Wildman–Crippen LogP) is 1.71. The van der Waals surface area contributed by atoms with Crippen LogP contribution in [0.2, 0.25) is 0 Å². The van der Waals surface area contributed by atoms with Gasteiger partial charge in [-0.05, 0) is 25.0 Å². The van der Waals surface area contributed by atoms with E-state index in [1.54, 1.807) is 6.92 Å². The number of carbonyl (C=O) groups excluding carboxylic acids is 2. The van der Waals surface area contributed by atoms with Crippen LogP contribution in [0.4, 0.5) is 5.69 Å². The van der Waals surface area contributed by atoms with Gasteiger partial charge in [0.2, 0.25) is 11.8 Å². The minimum absolute atomic E-state index is 0.0195. The molecule has 106 valence electrons. The van der Waals surface area contributed by atoms with Crippen LogP contribution in [-0.2, 0) is 9.59 Å². The van der Waals surface area contributed by atoms with Crippen LogP contribution < -0.4 is 4.90 Å². The van der Waals surface area contributed by atoms with Gasteiger partial charge in [-0.3, -0.25) is 9.59 Å². The molecule has 1 saturated heterocycles. The lowest BCUT2D eigenvalue weighted by molar-refractivity contribution is -0.126. The molecule has 0 bridgehead atoms. The Morgan fingerprint density at radius 2 is 2.10 bits per heavy atom. The normalized spacial score (nSPS) is 22.7. The number of aromatic carboxylic acids is 1. The Labute approximate surface area is 116 Å². The zero-order valence-electron chi connectivity index (χ0n) is 11.6. The molecule has 20 heavy (non-hydrogen) atoms. The van der Waals surface area contributed by atoms with Crippen molar-refractivity contribution < 1.29 is 19.5 Å². The van der Waals surface area contributed by atoms with Crippen LogP contribution in [0.25, 0.3) is 0 Å². The third-order valence-corrected chi connectivity index (χ3v) is 3.96. The maximum absolute atomic E-state index is 12.5. The summed E-state index contributed by atoms with van der Waals surface area (Å²) in [6.07, 6.45) is 1.40. The fraction of sp³-hybridized carbons (Fsp3) is 0.429. The molecule has 1 aromatic rings. The predicted molar refractivity (Wildman–Crippen MR) is 71.3 cm³/mol. The Balaban J connectivity index is 2.52. The minimum Gasteiger partial charge on any atom is -0.476 e. The number of pyridine rings is 1. The molecule has 1 unspecified atom stereocenters. The highest BCUT2D eigenvalue weighted by atomic mass is 16.4. The smallest absolute Gasteiger partial charge is 0.356 e. The topological polar surface area (TPSA) is 87.6 Å². The number of rotatable bonds is 3. The molecule has 0 saturated carbocycles. The van der Waals surface area contributed by atoms with Crippen LogP contribution in [0.1, 0.15) is 37.7 Å². The van der Waals surface area contributed by atoms with Crippen LogP contribution in [-0.4, -0.2) is 27.9 Å². The van der Waals surface area contributed by atoms with Gasteiger partial charge in [-0.1, -0.05) is 13.8 Å². The van der Waals surface area contributed by atoms with Gasteiger partial charge < -0.3 is 5.11 Å². The molecule has 6 heteroatoms. The van der Waals surface area contributed by atoms with Gasteiger partial charge in [-0.15, -0.1) is 0 Å². The Hall–Kier alpha value is -2.24. The fourth-order valence-electron chi connectivity index (χ4n) is 2.27. The summed E-state index contributed by atoms with van der Waals surface area (Å²) < 4.78 is 0. The molecule has 1 aromatic heterocycles. The highest BCUT2D eigenvalue weighted by molar-refractivity contribution is 6.24. The summed E-state index contributed by atoms with van der Waals surface area (Å²) in [7, 11) is 0. The van der Waals surface area contributed by atoms with Crippen molar-refractivity contribution in [3.63, 3.8) is 0 Å². The molecule has 0 radical (unpaired) electrons. The highest BCUT2D eigenvalue weighted by Gasteiger charge is 2.51. The standard InChI is InChI=1S/C14H16N2O4/c1-8(2)14(3)7-10(17)16(13(14)20)9-5-4-6-15-11(9)12(18)19/h4-6,8H,7H2,1-3H3,(H,18,19). The van der Waals surface area contributed by atoms with Crippen molar-refractivity contribution in [3.8, 4) is 0 Å². The molecule has 2 rings (SSSR count). The van der Waals surface area contributed by atoms with Gasteiger partial charge in [-0.25, -0.2) is 14.7 Å². The average molecular weight is 276 g/mol. The average Bonchev–Trinajstić information content (AvgIpc) is 2.61. The molecule has 2 heterocycles. The van der Waals surface area contributed by atoms with E-state index in [9.17, 15) is 14.4 Å². The molecule has 0 aromatic carbocycles. The van der Waals surface area contributed by atoms with Crippen LogP contribution in [0.15, 0.2) is 18.3 Å². The van der Waals surface area contributed by atoms with Crippen molar-refractivity contribution in [2.45, 2.75) is 27.2 Å². The van der Waals surface area contributed by atoms with E-state index in [4.69, 9.17) is 5.11 Å². The van der Waals surface area contributed by atoms with Crippen molar-refractivity contribution >= 4 is 23.5 Å². The van der Waals surface area contributed by atoms with Crippen LogP contribution in [0, 0.1) is 11.3 Å². The van der Waals surface area contributed by atoms with E-state index in [0.717, 1.165) is 4.90 Å². The van der Waals surface area contributed by atoms with E-state index in [-0.39, 0.29) is 35.5 Å². The van der Waals surface area contributed by atoms with Crippen LogP contribution >= 0.6 is 0 Å². The van der Waals surface area contributed by atoms with Crippen LogP contribution in [0.3, 0.4) is 0 Å². The second-order valence-corrected chi connectivity index (χ2v) is 5.46. The first-order valence-electron chi connectivity index (χ1n) is 6.34. The van der Waals surface area contributed by atoms with Gasteiger partial charge in [0.25, 0.3) is 0 Å². The highest BCUT2D eigenvalue weighted by Crippen LogP contribution is 2.41. The number of amides is 2. The van der Waals surface area contributed by atoms with Gasteiger partial charge >= 0.3 is 5.97 Å². The van der Waals surface area contributed by atoms with E-state index >= 15 is 0 Å². The number of carbonyl (C=O) groups is 3. The largest absolute Gasteiger partial charge is 0.476 e. The first-order chi connectivity index (χ1) is 9.29. The molecular formula is C14H16N2O4. The maximum atomic E-state index is 12.5. The molecule has 6 nitrogen and oxygen atoms in total. The molecule has 1 fully saturated rings. The number of carboxylic acid groups (broad SMARTS) is 1. The lowest BCUT2D eigenvalue weighted by Crippen LogP contribution is -2.37. The Morgan fingerprint density at radius 1 is 1.45 bits per heavy atom. The van der Waals surface area contributed by atoms with Crippen molar-refractivity contribution in [3.05, 3.63) is 24.0 Å². The number of carboxylic acids is 1. The van der Waals surface area contributed by atoms with E-state index in [2.05, 4.69) is 4.98 Å². The quantitative estimate of drug-likeness (QED) is 0.849. The van der Waals surface area contributed by atoms with Gasteiger partial charge in [0.1, 0.15) is 0 Å². The second kappa shape index (κ2) is 4.70. The Bertz CT molecular complexity index is 597. The molecule has 1 atom stereocenters. The number of nitrogens with zero attached hydrogens (tertiary/aromatic N) is 2. The molecule has 2 amide bonds. The zero-order valence-corrected chi connectivity index (χ0v) is 11.6. The SMILES string of the molecule is CC(C)C1(C)CC(=O)N(c2cccnc2C(=O)O)C1=O. The van der Waals surface area contributed by atoms with E-state index < -0.39 is 11.4 Å². The van der Waals surface area contributed by atoms with Gasteiger partial charge in [0.15, 0.2) is 5.69 Å². The van der Waals surface area contributed by atoms with E-state index in [0.29, 0.717) is 0 Å². The first-order valence-corrected chi connectivity index (χ1v) is 6.34. The van der Waals surface area contributed by atoms with Crippen molar-refractivity contribution in [1.29, 1.82) is 0 Å². The molecule has 1 N–H and O–H groups in total. The lowest BCUT2D eigenvalue weighted by atomic mass is 9.78. The number of hydrogen-bond donors (Lipinski definition) is 1. The van der Waals surface area contributed by atoms with Crippen molar-refractivity contribution in [2.24, 2.45) is 11.3 Å². The van der Waals surface area contributed by atoms with Crippen LogP contribution in [0.5, 0.6) is 0 Å². The maximum Gasteiger partial charge on any atom is 0.356 e. The summed E-state index contributed by atoms with van der Waals surface area (Å²) in [5, 5.41) is 9.13. The molecular weight excluding hydrogens is 260 g/mol. The third kappa shape index (κ3) is 1.97. The molecule has 1 aliphatic rings. The monoisotopic (exact) mass is 276 g/mol. The number of anilines is 1. The molecule has 0 aliphatic carbocycles. The number of imide groups is 1. The zero-order chi connectivity index (χ0) is 15.1. The summed E-state index contributed by atoms with van der Waals surface area (Å²) in [5.41, 5.74) is -1.05. The van der Waals surface area contributed by atoms with Crippen molar-refractivity contribution in [2.75, 3.05) is 4.90 Å². The van der Waals surface area contributed by atoms with Crippen molar-refractivity contribution in [1.82, 2.24) is 4.98 Å². The van der Waals surface area contributed by atoms with Gasteiger partial charge in [-0.2, -0.15) is 0 Å². The van der Waals surface area contributed by atoms with E-state index in [1.165, 1.54) is 18.3 Å². The molecule has 0 spiro atoms. The Morgan fingerprint density at radius 3 is 2.60 bits per heavy atom. The fourth-order valence-corrected chi connectivity index (χ4v) is 2.27.